The summed E-state index contributed by atoms with van der Waals surface area (Å²) >= 11 is 0. The molecule has 25 heavy (non-hydrogen) atoms. The molecule has 2 aromatic rings. The topological polar surface area (TPSA) is 69.4 Å². The third-order valence-corrected chi connectivity index (χ3v) is 7.43. The fraction of sp³-hybridized carbons (Fsp3) is 0.368. The molecular formula is C19H22FNO3S. The Morgan fingerprint density at radius 1 is 1.12 bits per heavy atom. The molecule has 134 valence electrons. The summed E-state index contributed by atoms with van der Waals surface area (Å²) in [4.78, 5) is 0.279. The Morgan fingerprint density at radius 2 is 1.72 bits per heavy atom. The minimum atomic E-state index is -3.59. The molecule has 1 aliphatic carbocycles. The van der Waals surface area contributed by atoms with Crippen molar-refractivity contribution in [3.63, 3.8) is 0 Å². The van der Waals surface area contributed by atoms with Crippen molar-refractivity contribution in [3.05, 3.63) is 65.5 Å². The quantitative estimate of drug-likeness (QED) is 0.857. The summed E-state index contributed by atoms with van der Waals surface area (Å²) in [5.41, 5.74) is 7.05. The van der Waals surface area contributed by atoms with Gasteiger partial charge in [-0.3, -0.25) is 0 Å². The number of sulfone groups is 1. The van der Waals surface area contributed by atoms with Gasteiger partial charge < -0.3 is 10.5 Å². The fourth-order valence-corrected chi connectivity index (χ4v) is 6.18. The lowest BCUT2D eigenvalue weighted by Gasteiger charge is -2.15. The van der Waals surface area contributed by atoms with E-state index in [9.17, 15) is 12.8 Å². The van der Waals surface area contributed by atoms with Crippen LogP contribution in [0, 0.1) is 18.2 Å². The molecule has 2 N–H and O–H groups in total. The van der Waals surface area contributed by atoms with Crippen molar-refractivity contribution in [1.29, 1.82) is 0 Å². The third-order valence-electron chi connectivity index (χ3n) is 5.09. The summed E-state index contributed by atoms with van der Waals surface area (Å²) < 4.78 is 45.0. The van der Waals surface area contributed by atoms with Crippen molar-refractivity contribution in [1.82, 2.24) is 0 Å². The van der Waals surface area contributed by atoms with E-state index in [0.29, 0.717) is 0 Å². The Morgan fingerprint density at radius 3 is 2.24 bits per heavy atom. The second kappa shape index (κ2) is 6.52. The van der Waals surface area contributed by atoms with E-state index >= 15 is 0 Å². The smallest absolute Gasteiger partial charge is 0.182 e. The van der Waals surface area contributed by atoms with Crippen LogP contribution in [-0.4, -0.2) is 33.9 Å². The van der Waals surface area contributed by atoms with E-state index < -0.39 is 20.5 Å². The van der Waals surface area contributed by atoms with Gasteiger partial charge in [-0.15, -0.1) is 0 Å². The maximum atomic E-state index is 13.3. The Kier molecular flexibility index (Phi) is 4.70. The van der Waals surface area contributed by atoms with Gasteiger partial charge in [-0.05, 0) is 36.8 Å². The van der Waals surface area contributed by atoms with Gasteiger partial charge in [0.25, 0.3) is 0 Å². The number of nitrogens with two attached hydrogens (primary N) is 1. The maximum absolute atomic E-state index is 13.3. The molecule has 0 unspecified atom stereocenters. The Balaban J connectivity index is 2.05. The van der Waals surface area contributed by atoms with Crippen molar-refractivity contribution in [2.45, 2.75) is 23.0 Å². The van der Waals surface area contributed by atoms with Crippen molar-refractivity contribution >= 4 is 9.84 Å². The summed E-state index contributed by atoms with van der Waals surface area (Å²) in [7, 11) is -2.05. The molecule has 0 heterocycles. The molecular weight excluding hydrogens is 341 g/mol. The summed E-state index contributed by atoms with van der Waals surface area (Å²) in [6.07, 6.45) is 0. The van der Waals surface area contributed by atoms with Crippen molar-refractivity contribution in [2.75, 3.05) is 20.3 Å². The minimum absolute atomic E-state index is 0.179. The molecule has 0 bridgehead atoms. The van der Waals surface area contributed by atoms with Crippen LogP contribution in [0.2, 0.25) is 0 Å². The summed E-state index contributed by atoms with van der Waals surface area (Å²) in [6.45, 7) is 2.32. The van der Waals surface area contributed by atoms with E-state index in [-0.39, 0.29) is 29.8 Å². The van der Waals surface area contributed by atoms with E-state index in [2.05, 4.69) is 0 Å². The Bertz CT molecular complexity index is 849. The first-order chi connectivity index (χ1) is 11.9. The van der Waals surface area contributed by atoms with Crippen LogP contribution in [0.1, 0.15) is 17.0 Å². The lowest BCUT2D eigenvalue weighted by molar-refractivity contribution is 0.142. The van der Waals surface area contributed by atoms with Gasteiger partial charge in [0.1, 0.15) is 5.82 Å². The highest BCUT2D eigenvalue weighted by Crippen LogP contribution is 2.63. The number of hydrogen-bond donors (Lipinski definition) is 1. The summed E-state index contributed by atoms with van der Waals surface area (Å²) in [5, 5.41) is -0.682. The lowest BCUT2D eigenvalue weighted by Crippen LogP contribution is -2.28. The first-order valence-corrected chi connectivity index (χ1v) is 9.66. The zero-order valence-corrected chi connectivity index (χ0v) is 15.1. The van der Waals surface area contributed by atoms with Gasteiger partial charge in [-0.25, -0.2) is 12.8 Å². The predicted molar refractivity (Wildman–Crippen MR) is 94.7 cm³/mol. The van der Waals surface area contributed by atoms with Crippen LogP contribution in [0.4, 0.5) is 4.39 Å². The van der Waals surface area contributed by atoms with Crippen LogP contribution >= 0.6 is 0 Å². The minimum Gasteiger partial charge on any atom is -0.384 e. The first-order valence-electron chi connectivity index (χ1n) is 8.12. The number of methoxy groups -OCH3 is 1. The number of benzene rings is 2. The average molecular weight is 363 g/mol. The summed E-state index contributed by atoms with van der Waals surface area (Å²) in [5.74, 6) is -0.670. The average Bonchev–Trinajstić information content (AvgIpc) is 3.26. The van der Waals surface area contributed by atoms with Crippen LogP contribution in [0.15, 0.2) is 53.4 Å². The largest absolute Gasteiger partial charge is 0.384 e. The molecule has 0 spiro atoms. The van der Waals surface area contributed by atoms with E-state index in [1.165, 1.54) is 19.2 Å². The Labute approximate surface area is 147 Å². The molecule has 1 fully saturated rings. The van der Waals surface area contributed by atoms with E-state index in [0.717, 1.165) is 11.1 Å². The number of halogens is 1. The molecule has 0 radical (unpaired) electrons. The van der Waals surface area contributed by atoms with Gasteiger partial charge in [0.05, 0.1) is 16.8 Å². The highest BCUT2D eigenvalue weighted by Gasteiger charge is 2.70. The van der Waals surface area contributed by atoms with Crippen LogP contribution in [0.3, 0.4) is 0 Å². The van der Waals surface area contributed by atoms with Gasteiger partial charge in [-0.2, -0.15) is 0 Å². The van der Waals surface area contributed by atoms with Gasteiger partial charge in [0.2, 0.25) is 0 Å². The standard InChI is InChI=1S/C19H22FNO3S/c1-13-3-9-16(10-4-13)25(22,23)18-17(19(18,11-21)12-24-2)14-5-7-15(20)8-6-14/h3-10,17-18H,11-12,21H2,1-2H3/t17-,18+,19+/m0/s1. The normalized spacial score (nSPS) is 25.8. The molecule has 3 atom stereocenters. The third kappa shape index (κ3) is 2.99. The van der Waals surface area contributed by atoms with Gasteiger partial charge in [-0.1, -0.05) is 29.8 Å². The molecule has 0 saturated heterocycles. The summed E-state index contributed by atoms with van der Waals surface area (Å²) in [6, 6.07) is 12.8. The molecule has 6 heteroatoms. The number of hydrogen-bond acceptors (Lipinski definition) is 4. The van der Waals surface area contributed by atoms with Gasteiger partial charge in [0.15, 0.2) is 9.84 Å². The van der Waals surface area contributed by atoms with Gasteiger partial charge in [0, 0.05) is 25.0 Å². The Hall–Kier alpha value is -1.76. The second-order valence-electron chi connectivity index (χ2n) is 6.68. The molecule has 0 aromatic heterocycles. The molecule has 1 aliphatic rings. The maximum Gasteiger partial charge on any atom is 0.182 e. The number of rotatable bonds is 6. The van der Waals surface area contributed by atoms with Crippen LogP contribution in [0.5, 0.6) is 0 Å². The highest BCUT2D eigenvalue weighted by atomic mass is 32.2. The zero-order chi connectivity index (χ0) is 18.2. The van der Waals surface area contributed by atoms with E-state index in [1.54, 1.807) is 36.4 Å². The number of aryl methyl sites for hydroxylation is 1. The van der Waals surface area contributed by atoms with E-state index in [4.69, 9.17) is 10.5 Å². The molecule has 0 amide bonds. The molecule has 2 aromatic carbocycles. The monoisotopic (exact) mass is 363 g/mol. The predicted octanol–water partition coefficient (Wildman–Crippen LogP) is 2.67. The molecule has 4 nitrogen and oxygen atoms in total. The molecule has 1 saturated carbocycles. The van der Waals surface area contributed by atoms with E-state index in [1.807, 2.05) is 6.92 Å². The fourth-order valence-electron chi connectivity index (χ4n) is 3.74. The highest BCUT2D eigenvalue weighted by molar-refractivity contribution is 7.92. The van der Waals surface area contributed by atoms with Crippen molar-refractivity contribution in [2.24, 2.45) is 11.1 Å². The lowest BCUT2D eigenvalue weighted by atomic mass is 10.00. The van der Waals surface area contributed by atoms with Crippen molar-refractivity contribution in [3.8, 4) is 0 Å². The zero-order valence-electron chi connectivity index (χ0n) is 14.3. The van der Waals surface area contributed by atoms with Crippen molar-refractivity contribution < 1.29 is 17.5 Å². The second-order valence-corrected chi connectivity index (χ2v) is 8.75. The molecule has 3 rings (SSSR count). The van der Waals surface area contributed by atoms with Crippen LogP contribution in [-0.2, 0) is 14.6 Å². The van der Waals surface area contributed by atoms with Crippen LogP contribution < -0.4 is 5.73 Å². The molecule has 0 aliphatic heterocycles. The first kappa shape index (κ1) is 18.0. The van der Waals surface area contributed by atoms with Crippen LogP contribution in [0.25, 0.3) is 0 Å². The number of ether oxygens (including phenoxy) is 1. The van der Waals surface area contributed by atoms with Gasteiger partial charge >= 0.3 is 0 Å². The SMILES string of the molecule is COC[C@@]1(CN)[C@H](S(=O)(=O)c2ccc(C)cc2)[C@@H]1c1ccc(F)cc1.